The molecule has 0 aliphatic carbocycles. The minimum atomic E-state index is 0.871. The first-order valence-electron chi connectivity index (χ1n) is 5.01. The van der Waals surface area contributed by atoms with Gasteiger partial charge in [-0.15, -0.1) is 11.3 Å². The molecule has 0 saturated carbocycles. The Kier molecular flexibility index (Phi) is 2.53. The number of hydrogen-bond donors (Lipinski definition) is 1. The quantitative estimate of drug-likeness (QED) is 0.720. The molecule has 0 amide bonds. The van der Waals surface area contributed by atoms with Gasteiger partial charge in [0.05, 0.1) is 0 Å². The molecule has 0 fully saturated rings. The van der Waals surface area contributed by atoms with Crippen LogP contribution >= 0.6 is 11.3 Å². The summed E-state index contributed by atoms with van der Waals surface area (Å²) in [6.07, 6.45) is 0. The summed E-state index contributed by atoms with van der Waals surface area (Å²) in [7, 11) is 0. The lowest BCUT2D eigenvalue weighted by Crippen LogP contribution is -1.89. The number of benzene rings is 1. The molecule has 0 spiro atoms. The van der Waals surface area contributed by atoms with Crippen molar-refractivity contribution in [1.29, 1.82) is 0 Å². The van der Waals surface area contributed by atoms with E-state index in [4.69, 9.17) is 5.73 Å². The number of hydrogen-bond acceptors (Lipinski definition) is 2. The zero-order valence-corrected chi connectivity index (χ0v) is 10.1. The van der Waals surface area contributed by atoms with Crippen LogP contribution in [0.3, 0.4) is 0 Å². The molecular formula is C13H15NS. The number of rotatable bonds is 1. The largest absolute Gasteiger partial charge is 0.398 e. The van der Waals surface area contributed by atoms with Crippen molar-refractivity contribution in [2.24, 2.45) is 0 Å². The van der Waals surface area contributed by atoms with E-state index < -0.39 is 0 Å². The summed E-state index contributed by atoms with van der Waals surface area (Å²) in [5.41, 5.74) is 10.5. The van der Waals surface area contributed by atoms with Crippen molar-refractivity contribution in [3.05, 3.63) is 39.6 Å². The van der Waals surface area contributed by atoms with Gasteiger partial charge in [0, 0.05) is 15.4 Å². The Balaban J connectivity index is 2.54. The van der Waals surface area contributed by atoms with Gasteiger partial charge >= 0.3 is 0 Å². The van der Waals surface area contributed by atoms with Crippen molar-refractivity contribution in [2.45, 2.75) is 20.8 Å². The summed E-state index contributed by atoms with van der Waals surface area (Å²) < 4.78 is 0. The van der Waals surface area contributed by atoms with Crippen LogP contribution in [0.2, 0.25) is 0 Å². The van der Waals surface area contributed by atoms with Crippen LogP contribution in [0.1, 0.15) is 15.3 Å². The molecule has 0 radical (unpaired) electrons. The third kappa shape index (κ3) is 1.90. The Labute approximate surface area is 94.6 Å². The van der Waals surface area contributed by atoms with Crippen LogP contribution in [0.4, 0.5) is 5.69 Å². The number of thiophene rings is 1. The van der Waals surface area contributed by atoms with Gasteiger partial charge in [0.2, 0.25) is 0 Å². The molecule has 1 heterocycles. The van der Waals surface area contributed by atoms with Crippen LogP contribution in [0.25, 0.3) is 11.1 Å². The van der Waals surface area contributed by atoms with Crippen LogP contribution in [-0.2, 0) is 0 Å². The van der Waals surface area contributed by atoms with Crippen molar-refractivity contribution in [2.75, 3.05) is 5.73 Å². The van der Waals surface area contributed by atoms with E-state index in [0.717, 1.165) is 11.3 Å². The average molecular weight is 217 g/mol. The Bertz CT molecular complexity index is 497. The second-order valence-corrected chi connectivity index (χ2v) is 5.36. The molecule has 0 bridgehead atoms. The van der Waals surface area contributed by atoms with E-state index in [2.05, 4.69) is 38.1 Å². The smallest absolute Gasteiger partial charge is 0.0349 e. The second-order valence-electron chi connectivity index (χ2n) is 3.90. The maximum atomic E-state index is 5.92. The van der Waals surface area contributed by atoms with E-state index in [0.29, 0.717) is 0 Å². The minimum Gasteiger partial charge on any atom is -0.398 e. The zero-order valence-electron chi connectivity index (χ0n) is 9.29. The molecule has 2 heteroatoms. The van der Waals surface area contributed by atoms with Crippen LogP contribution in [0, 0.1) is 20.8 Å². The summed E-state index contributed by atoms with van der Waals surface area (Å²) >= 11 is 1.83. The monoisotopic (exact) mass is 217 g/mol. The molecule has 78 valence electrons. The van der Waals surface area contributed by atoms with Gasteiger partial charge in [-0.2, -0.15) is 0 Å². The minimum absolute atomic E-state index is 0.871. The molecule has 2 N–H and O–H groups in total. The second kappa shape index (κ2) is 3.70. The highest BCUT2D eigenvalue weighted by molar-refractivity contribution is 7.12. The Morgan fingerprint density at radius 3 is 2.33 bits per heavy atom. The first-order valence-corrected chi connectivity index (χ1v) is 5.83. The fourth-order valence-corrected chi connectivity index (χ4v) is 2.67. The number of nitrogen functional groups attached to an aromatic ring is 1. The highest BCUT2D eigenvalue weighted by Crippen LogP contribution is 2.32. The highest BCUT2D eigenvalue weighted by atomic mass is 32.1. The SMILES string of the molecule is Cc1cc(-c2ccc(C)c(N)c2)c(C)s1. The number of aryl methyl sites for hydroxylation is 3. The Hall–Kier alpha value is -1.28. The fourth-order valence-electron chi connectivity index (χ4n) is 1.73. The molecule has 2 rings (SSSR count). The maximum Gasteiger partial charge on any atom is 0.0349 e. The molecule has 0 saturated heterocycles. The average Bonchev–Trinajstić information content (AvgIpc) is 2.50. The Morgan fingerprint density at radius 1 is 1.07 bits per heavy atom. The first kappa shape index (κ1) is 10.2. The van der Waals surface area contributed by atoms with Crippen LogP contribution in [0.15, 0.2) is 24.3 Å². The molecule has 0 aliphatic heterocycles. The lowest BCUT2D eigenvalue weighted by atomic mass is 10.0. The lowest BCUT2D eigenvalue weighted by Gasteiger charge is -2.04. The third-order valence-electron chi connectivity index (χ3n) is 2.63. The van der Waals surface area contributed by atoms with Gasteiger partial charge < -0.3 is 5.73 Å². The normalized spacial score (nSPS) is 10.6. The molecule has 1 aromatic carbocycles. The van der Waals surface area contributed by atoms with Gasteiger partial charge in [-0.25, -0.2) is 0 Å². The predicted octanol–water partition coefficient (Wildman–Crippen LogP) is 3.92. The van der Waals surface area contributed by atoms with E-state index in [-0.39, 0.29) is 0 Å². The first-order chi connectivity index (χ1) is 7.08. The molecule has 1 nitrogen and oxygen atoms in total. The highest BCUT2D eigenvalue weighted by Gasteiger charge is 2.06. The van der Waals surface area contributed by atoms with Gasteiger partial charge in [0.15, 0.2) is 0 Å². The van der Waals surface area contributed by atoms with Crippen molar-refractivity contribution in [1.82, 2.24) is 0 Å². The zero-order chi connectivity index (χ0) is 11.0. The summed E-state index contributed by atoms with van der Waals surface area (Å²) in [5.74, 6) is 0. The predicted molar refractivity (Wildman–Crippen MR) is 68.4 cm³/mol. The topological polar surface area (TPSA) is 26.0 Å². The van der Waals surface area contributed by atoms with Crippen molar-refractivity contribution in [3.8, 4) is 11.1 Å². The summed E-state index contributed by atoms with van der Waals surface area (Å²) in [6.45, 7) is 6.33. The van der Waals surface area contributed by atoms with E-state index in [1.807, 2.05) is 18.3 Å². The molecule has 0 aliphatic rings. The van der Waals surface area contributed by atoms with E-state index >= 15 is 0 Å². The van der Waals surface area contributed by atoms with E-state index in [1.54, 1.807) is 0 Å². The van der Waals surface area contributed by atoms with Crippen molar-refractivity contribution in [3.63, 3.8) is 0 Å². The van der Waals surface area contributed by atoms with Gasteiger partial charge in [-0.05, 0) is 49.6 Å². The van der Waals surface area contributed by atoms with Gasteiger partial charge in [-0.1, -0.05) is 12.1 Å². The van der Waals surface area contributed by atoms with Gasteiger partial charge in [0.25, 0.3) is 0 Å². The summed E-state index contributed by atoms with van der Waals surface area (Å²) in [6, 6.07) is 8.51. The lowest BCUT2D eigenvalue weighted by molar-refractivity contribution is 1.46. The molecule has 0 atom stereocenters. The van der Waals surface area contributed by atoms with Crippen LogP contribution in [-0.4, -0.2) is 0 Å². The standard InChI is InChI=1S/C13H15NS/c1-8-4-5-11(7-13(8)14)12-6-9(2)15-10(12)3/h4-7H,14H2,1-3H3. The van der Waals surface area contributed by atoms with Crippen LogP contribution in [0.5, 0.6) is 0 Å². The summed E-state index contributed by atoms with van der Waals surface area (Å²) in [4.78, 5) is 2.71. The van der Waals surface area contributed by atoms with Gasteiger partial charge in [0.1, 0.15) is 0 Å². The summed E-state index contributed by atoms with van der Waals surface area (Å²) in [5, 5.41) is 0. The van der Waals surface area contributed by atoms with Crippen LogP contribution < -0.4 is 5.73 Å². The fraction of sp³-hybridized carbons (Fsp3) is 0.231. The molecule has 1 aromatic heterocycles. The van der Waals surface area contributed by atoms with E-state index in [9.17, 15) is 0 Å². The van der Waals surface area contributed by atoms with Gasteiger partial charge in [-0.3, -0.25) is 0 Å². The molecule has 15 heavy (non-hydrogen) atoms. The number of anilines is 1. The molecule has 2 aromatic rings. The van der Waals surface area contributed by atoms with E-state index in [1.165, 1.54) is 20.9 Å². The van der Waals surface area contributed by atoms with Crippen molar-refractivity contribution >= 4 is 17.0 Å². The third-order valence-corrected chi connectivity index (χ3v) is 3.60. The molecule has 0 unspecified atom stereocenters. The molecular weight excluding hydrogens is 202 g/mol. The maximum absolute atomic E-state index is 5.92. The number of nitrogens with two attached hydrogens (primary N) is 1. The Morgan fingerprint density at radius 2 is 1.80 bits per heavy atom. The van der Waals surface area contributed by atoms with Crippen molar-refractivity contribution < 1.29 is 0 Å².